The van der Waals surface area contributed by atoms with Crippen LogP contribution >= 0.6 is 11.6 Å². The van der Waals surface area contributed by atoms with E-state index in [0.717, 1.165) is 48.5 Å². The molecule has 36 heavy (non-hydrogen) atoms. The minimum Gasteiger partial charge on any atom is -0.306 e. The molecule has 1 aliphatic heterocycles. The van der Waals surface area contributed by atoms with Crippen molar-refractivity contribution in [1.82, 2.24) is 4.90 Å². The highest BCUT2D eigenvalue weighted by Gasteiger charge is 2.23. The van der Waals surface area contributed by atoms with Gasteiger partial charge in [-0.05, 0) is 87.4 Å². The van der Waals surface area contributed by atoms with Gasteiger partial charge in [0.2, 0.25) is 0 Å². The lowest BCUT2D eigenvalue weighted by atomic mass is 9.91. The molecule has 0 amide bonds. The highest BCUT2D eigenvalue weighted by molar-refractivity contribution is 6.31. The first-order valence-corrected chi connectivity index (χ1v) is 13.7. The Labute approximate surface area is 223 Å². The number of halogens is 2. The second kappa shape index (κ2) is 18.1. The fourth-order valence-electron chi connectivity index (χ4n) is 4.36. The second-order valence-corrected chi connectivity index (χ2v) is 10.3. The van der Waals surface area contributed by atoms with Crippen LogP contribution in [-0.4, -0.2) is 31.3 Å². The van der Waals surface area contributed by atoms with Gasteiger partial charge in [-0.15, -0.1) is 0 Å². The van der Waals surface area contributed by atoms with Gasteiger partial charge in [0.15, 0.2) is 0 Å². The van der Waals surface area contributed by atoms with Gasteiger partial charge in [0.25, 0.3) is 0 Å². The van der Waals surface area contributed by atoms with Crippen molar-refractivity contribution in [3.63, 3.8) is 0 Å². The molecule has 3 nitrogen and oxygen atoms in total. The zero-order valence-electron chi connectivity index (χ0n) is 22.8. The van der Waals surface area contributed by atoms with Crippen LogP contribution in [0.1, 0.15) is 76.0 Å². The molecule has 1 saturated heterocycles. The molecule has 0 aromatic heterocycles. The standard InChI is InChI=1S/C9H19N.C8H6ClN.C8H9F.C6H10O/c1-4-8(2)9-5-6-10(3)7-9;1-6-2-3-7(5-10)8(9)4-6;1-2-7-5-3-4-6-8(7)9;7-5-6-3-1-2-4-6/h8-9H,4-7H2,1-3H3;2-4H,1H3;3-6H,2H2,1H3;5-6H,1-4H2. The molecular weight excluding hydrogens is 471 g/mol. The van der Waals surface area contributed by atoms with Crippen molar-refractivity contribution < 1.29 is 9.18 Å². The van der Waals surface area contributed by atoms with Crippen LogP contribution in [0.5, 0.6) is 0 Å². The maximum Gasteiger partial charge on any atom is 0.126 e. The molecule has 198 valence electrons. The maximum atomic E-state index is 12.6. The molecule has 5 heteroatoms. The minimum absolute atomic E-state index is 0.0972. The average molecular weight is 515 g/mol. The first kappa shape index (κ1) is 31.8. The van der Waals surface area contributed by atoms with Gasteiger partial charge >= 0.3 is 0 Å². The van der Waals surface area contributed by atoms with Gasteiger partial charge in [0.05, 0.1) is 10.6 Å². The largest absolute Gasteiger partial charge is 0.306 e. The van der Waals surface area contributed by atoms with E-state index in [-0.39, 0.29) is 5.82 Å². The summed E-state index contributed by atoms with van der Waals surface area (Å²) in [7, 11) is 2.22. The molecule has 2 atom stereocenters. The van der Waals surface area contributed by atoms with E-state index in [1.54, 1.807) is 24.3 Å². The van der Waals surface area contributed by atoms with Crippen LogP contribution in [0.3, 0.4) is 0 Å². The molecule has 2 fully saturated rings. The zero-order chi connectivity index (χ0) is 26.9. The van der Waals surface area contributed by atoms with Crippen LogP contribution in [0.15, 0.2) is 42.5 Å². The lowest BCUT2D eigenvalue weighted by molar-refractivity contribution is -0.110. The molecule has 0 radical (unpaired) electrons. The third-order valence-corrected chi connectivity index (χ3v) is 7.37. The van der Waals surface area contributed by atoms with Gasteiger partial charge in [-0.2, -0.15) is 5.26 Å². The molecule has 1 aliphatic carbocycles. The Balaban J connectivity index is 0.000000242. The summed E-state index contributed by atoms with van der Waals surface area (Å²) in [6, 6.07) is 14.2. The smallest absolute Gasteiger partial charge is 0.126 e. The summed E-state index contributed by atoms with van der Waals surface area (Å²) in [4.78, 5) is 12.4. The highest BCUT2D eigenvalue weighted by Crippen LogP contribution is 2.24. The van der Waals surface area contributed by atoms with Crippen molar-refractivity contribution in [3.8, 4) is 6.07 Å². The fourth-order valence-corrected chi connectivity index (χ4v) is 4.63. The van der Waals surface area contributed by atoms with Gasteiger partial charge in [-0.3, -0.25) is 0 Å². The van der Waals surface area contributed by atoms with Crippen LogP contribution in [0.4, 0.5) is 4.39 Å². The number of benzene rings is 2. The Kier molecular flexibility index (Phi) is 16.0. The van der Waals surface area contributed by atoms with E-state index in [2.05, 4.69) is 25.8 Å². The Hall–Kier alpha value is -2.22. The minimum atomic E-state index is -0.0972. The van der Waals surface area contributed by atoms with Gasteiger partial charge in [-0.1, -0.05) is 75.9 Å². The zero-order valence-corrected chi connectivity index (χ0v) is 23.5. The topological polar surface area (TPSA) is 44.1 Å². The van der Waals surface area contributed by atoms with Gasteiger partial charge in [0.1, 0.15) is 18.2 Å². The second-order valence-electron chi connectivity index (χ2n) is 9.92. The number of carbonyl (C=O) groups excluding carboxylic acids is 1. The SMILES string of the molecule is CCC(C)C1CCN(C)C1.CCc1ccccc1F.Cc1ccc(C#N)c(Cl)c1.O=CC1CCCC1. The Morgan fingerprint density at radius 1 is 1.17 bits per heavy atom. The summed E-state index contributed by atoms with van der Waals surface area (Å²) >= 11 is 5.71. The van der Waals surface area contributed by atoms with Gasteiger partial charge in [0, 0.05) is 12.5 Å². The Bertz CT molecular complexity index is 936. The predicted molar refractivity (Wildman–Crippen MR) is 150 cm³/mol. The van der Waals surface area contributed by atoms with Crippen molar-refractivity contribution >= 4 is 17.9 Å². The molecule has 0 N–H and O–H groups in total. The lowest BCUT2D eigenvalue weighted by Gasteiger charge is -2.16. The number of hydrogen-bond donors (Lipinski definition) is 0. The molecule has 2 aliphatic rings. The third kappa shape index (κ3) is 12.2. The molecule has 2 aromatic rings. The van der Waals surface area contributed by atoms with Crippen molar-refractivity contribution in [2.24, 2.45) is 17.8 Å². The first-order valence-electron chi connectivity index (χ1n) is 13.3. The van der Waals surface area contributed by atoms with E-state index in [0.29, 0.717) is 16.5 Å². The number of nitriles is 1. The molecule has 1 heterocycles. The van der Waals surface area contributed by atoms with E-state index in [4.69, 9.17) is 16.9 Å². The normalized spacial score (nSPS) is 17.9. The van der Waals surface area contributed by atoms with E-state index < -0.39 is 0 Å². The summed E-state index contributed by atoms with van der Waals surface area (Å²) in [6.07, 6.45) is 9.45. The van der Waals surface area contributed by atoms with Crippen molar-refractivity contribution in [2.75, 3.05) is 20.1 Å². The number of hydrogen-bond acceptors (Lipinski definition) is 3. The number of aryl methyl sites for hydroxylation is 2. The summed E-state index contributed by atoms with van der Waals surface area (Å²) in [6.45, 7) is 11.2. The Morgan fingerprint density at radius 3 is 2.25 bits per heavy atom. The highest BCUT2D eigenvalue weighted by atomic mass is 35.5. The Morgan fingerprint density at radius 2 is 1.83 bits per heavy atom. The average Bonchev–Trinajstić information content (AvgIpc) is 3.57. The van der Waals surface area contributed by atoms with Crippen LogP contribution < -0.4 is 0 Å². The summed E-state index contributed by atoms with van der Waals surface area (Å²) in [5, 5.41) is 9.00. The summed E-state index contributed by atoms with van der Waals surface area (Å²) in [5.74, 6) is 2.24. The van der Waals surface area contributed by atoms with E-state index in [9.17, 15) is 9.18 Å². The van der Waals surface area contributed by atoms with E-state index >= 15 is 0 Å². The number of nitrogens with zero attached hydrogens (tertiary/aromatic N) is 2. The number of likely N-dealkylation sites (tertiary alicyclic amines) is 1. The fraction of sp³-hybridized carbons (Fsp3) is 0.548. The van der Waals surface area contributed by atoms with Crippen LogP contribution in [0, 0.1) is 41.8 Å². The quantitative estimate of drug-likeness (QED) is 0.385. The predicted octanol–water partition coefficient (Wildman–Crippen LogP) is 8.27. The monoisotopic (exact) mass is 514 g/mol. The van der Waals surface area contributed by atoms with E-state index in [1.165, 1.54) is 44.8 Å². The van der Waals surface area contributed by atoms with Gasteiger partial charge < -0.3 is 9.69 Å². The maximum absolute atomic E-state index is 12.6. The molecule has 0 spiro atoms. The van der Waals surface area contributed by atoms with E-state index in [1.807, 2.05) is 32.0 Å². The van der Waals surface area contributed by atoms with Crippen molar-refractivity contribution in [1.29, 1.82) is 5.26 Å². The van der Waals surface area contributed by atoms with Crippen LogP contribution in [0.2, 0.25) is 5.02 Å². The number of rotatable bonds is 4. The van der Waals surface area contributed by atoms with Crippen LogP contribution in [-0.2, 0) is 11.2 Å². The summed E-state index contributed by atoms with van der Waals surface area (Å²) in [5.41, 5.74) is 2.40. The molecule has 0 bridgehead atoms. The first-order chi connectivity index (χ1) is 17.2. The number of aldehydes is 1. The molecule has 4 rings (SSSR count). The third-order valence-electron chi connectivity index (χ3n) is 7.05. The lowest BCUT2D eigenvalue weighted by Crippen LogP contribution is -2.17. The number of carbonyl (C=O) groups is 1. The molecular formula is C31H44ClFN2O. The molecule has 2 unspecified atom stereocenters. The summed E-state index contributed by atoms with van der Waals surface area (Å²) < 4.78 is 12.6. The van der Waals surface area contributed by atoms with Gasteiger partial charge in [-0.25, -0.2) is 4.39 Å². The van der Waals surface area contributed by atoms with Crippen LogP contribution in [0.25, 0.3) is 0 Å². The van der Waals surface area contributed by atoms with Crippen molar-refractivity contribution in [2.45, 2.75) is 72.6 Å². The molecule has 1 saturated carbocycles. The van der Waals surface area contributed by atoms with Crippen molar-refractivity contribution in [3.05, 3.63) is 70.0 Å². The molecule has 2 aromatic carbocycles.